The van der Waals surface area contributed by atoms with Gasteiger partial charge in [-0.25, -0.2) is 9.67 Å². The Balaban J connectivity index is 2.29. The molecule has 0 amide bonds. The minimum absolute atomic E-state index is 0.470. The van der Waals surface area contributed by atoms with Gasteiger partial charge in [-0.1, -0.05) is 6.07 Å². The van der Waals surface area contributed by atoms with Gasteiger partial charge in [0.25, 0.3) is 0 Å². The summed E-state index contributed by atoms with van der Waals surface area (Å²) in [5, 5.41) is 4.21. The fourth-order valence-corrected chi connectivity index (χ4v) is 1.88. The number of rotatable bonds is 1. The average Bonchev–Trinajstić information content (AvgIpc) is 2.85. The third-order valence-corrected chi connectivity index (χ3v) is 2.95. The summed E-state index contributed by atoms with van der Waals surface area (Å²) in [7, 11) is 0. The summed E-state index contributed by atoms with van der Waals surface area (Å²) >= 11 is 3.33. The zero-order valence-corrected chi connectivity index (χ0v) is 9.79. The normalized spacial score (nSPS) is 11.1. The molecule has 0 aliphatic carbocycles. The van der Waals surface area contributed by atoms with Crippen LogP contribution in [0.4, 0.5) is 5.82 Å². The van der Waals surface area contributed by atoms with Gasteiger partial charge in [0.1, 0.15) is 11.5 Å². The van der Waals surface area contributed by atoms with Crippen molar-refractivity contribution in [2.75, 3.05) is 5.73 Å². The summed E-state index contributed by atoms with van der Waals surface area (Å²) in [6.07, 6.45) is 5.46. The SMILES string of the molecule is Nc1nn(-c2cccc3nccn23)cc1Br. The molecule has 16 heavy (non-hydrogen) atoms. The largest absolute Gasteiger partial charge is 0.381 e. The van der Waals surface area contributed by atoms with Crippen molar-refractivity contribution < 1.29 is 0 Å². The molecule has 3 aromatic rings. The molecule has 0 saturated heterocycles. The van der Waals surface area contributed by atoms with Gasteiger partial charge in [-0.2, -0.15) is 0 Å². The van der Waals surface area contributed by atoms with E-state index in [-0.39, 0.29) is 0 Å². The predicted octanol–water partition coefficient (Wildman–Crippen LogP) is 1.86. The molecule has 80 valence electrons. The highest BCUT2D eigenvalue weighted by Crippen LogP contribution is 2.19. The molecule has 3 rings (SSSR count). The van der Waals surface area contributed by atoms with Crippen molar-refractivity contribution in [2.24, 2.45) is 0 Å². The summed E-state index contributed by atoms with van der Waals surface area (Å²) in [5.74, 6) is 1.37. The lowest BCUT2D eigenvalue weighted by Gasteiger charge is -2.04. The second-order valence-electron chi connectivity index (χ2n) is 3.35. The Bertz CT molecular complexity index is 635. The molecule has 0 saturated carbocycles. The van der Waals surface area contributed by atoms with E-state index in [1.807, 2.05) is 35.0 Å². The highest BCUT2D eigenvalue weighted by Gasteiger charge is 2.07. The van der Waals surface area contributed by atoms with Crippen LogP contribution in [0.25, 0.3) is 11.5 Å². The fraction of sp³-hybridized carbons (Fsp3) is 0. The van der Waals surface area contributed by atoms with E-state index in [4.69, 9.17) is 5.73 Å². The number of nitrogens with two attached hydrogens (primary N) is 1. The maximum atomic E-state index is 5.69. The standard InChI is InChI=1S/C10H8BrN5/c11-7-6-16(14-10(7)12)9-3-1-2-8-13-4-5-15(8)9/h1-6H,(H2,12,14). The van der Waals surface area contributed by atoms with E-state index in [1.165, 1.54) is 0 Å². The molecule has 0 radical (unpaired) electrons. The van der Waals surface area contributed by atoms with Gasteiger partial charge in [0.15, 0.2) is 5.82 Å². The summed E-state index contributed by atoms with van der Waals surface area (Å²) in [4.78, 5) is 4.21. The van der Waals surface area contributed by atoms with Crippen LogP contribution in [0.5, 0.6) is 0 Å². The lowest BCUT2D eigenvalue weighted by atomic mass is 10.4. The fourth-order valence-electron chi connectivity index (χ4n) is 1.60. The molecule has 5 nitrogen and oxygen atoms in total. The Labute approximate surface area is 99.6 Å². The third-order valence-electron chi connectivity index (χ3n) is 2.34. The number of anilines is 1. The van der Waals surface area contributed by atoms with Gasteiger partial charge < -0.3 is 5.73 Å². The minimum atomic E-state index is 0.470. The number of halogens is 1. The number of pyridine rings is 1. The first-order valence-corrected chi connectivity index (χ1v) is 5.48. The molecule has 0 unspecified atom stereocenters. The van der Waals surface area contributed by atoms with E-state index in [2.05, 4.69) is 26.0 Å². The summed E-state index contributed by atoms with van der Waals surface area (Å²) in [6, 6.07) is 5.82. The monoisotopic (exact) mass is 277 g/mol. The second-order valence-corrected chi connectivity index (χ2v) is 4.20. The zero-order valence-electron chi connectivity index (χ0n) is 8.21. The van der Waals surface area contributed by atoms with Crippen molar-refractivity contribution in [3.05, 3.63) is 41.3 Å². The predicted molar refractivity (Wildman–Crippen MR) is 64.4 cm³/mol. The second kappa shape index (κ2) is 3.34. The number of hydrogen-bond acceptors (Lipinski definition) is 3. The summed E-state index contributed by atoms with van der Waals surface area (Å²) in [6.45, 7) is 0. The molecule has 0 fully saturated rings. The van der Waals surface area contributed by atoms with E-state index in [0.29, 0.717) is 5.82 Å². The van der Waals surface area contributed by atoms with Crippen molar-refractivity contribution >= 4 is 27.4 Å². The van der Waals surface area contributed by atoms with Gasteiger partial charge in [-0.15, -0.1) is 5.10 Å². The van der Waals surface area contributed by atoms with Crippen LogP contribution in [0.1, 0.15) is 0 Å². The first-order chi connectivity index (χ1) is 7.75. The van der Waals surface area contributed by atoms with E-state index in [0.717, 1.165) is 15.9 Å². The molecule has 3 aromatic heterocycles. The van der Waals surface area contributed by atoms with Gasteiger partial charge in [0, 0.05) is 18.6 Å². The highest BCUT2D eigenvalue weighted by molar-refractivity contribution is 9.10. The average molecular weight is 278 g/mol. The maximum Gasteiger partial charge on any atom is 0.160 e. The van der Waals surface area contributed by atoms with Crippen molar-refractivity contribution in [1.29, 1.82) is 0 Å². The lowest BCUT2D eigenvalue weighted by Crippen LogP contribution is -2.02. The summed E-state index contributed by atoms with van der Waals surface area (Å²) < 4.78 is 4.44. The number of fused-ring (bicyclic) bond motifs is 1. The van der Waals surface area contributed by atoms with Crippen LogP contribution in [-0.4, -0.2) is 19.2 Å². The van der Waals surface area contributed by atoms with Crippen molar-refractivity contribution in [2.45, 2.75) is 0 Å². The smallest absolute Gasteiger partial charge is 0.160 e. The number of aromatic nitrogens is 4. The van der Waals surface area contributed by atoms with Crippen LogP contribution in [0.2, 0.25) is 0 Å². The molecule has 6 heteroatoms. The van der Waals surface area contributed by atoms with Crippen LogP contribution in [0.3, 0.4) is 0 Å². The van der Waals surface area contributed by atoms with Gasteiger partial charge in [0.05, 0.1) is 4.47 Å². The Kier molecular flexibility index (Phi) is 1.97. The Hall–Kier alpha value is -1.82. The number of nitrogens with zero attached hydrogens (tertiary/aromatic N) is 4. The Morgan fingerprint density at radius 2 is 2.19 bits per heavy atom. The van der Waals surface area contributed by atoms with Gasteiger partial charge >= 0.3 is 0 Å². The van der Waals surface area contributed by atoms with E-state index in [9.17, 15) is 0 Å². The minimum Gasteiger partial charge on any atom is -0.381 e. The summed E-state index contributed by atoms with van der Waals surface area (Å²) in [5.41, 5.74) is 6.57. The van der Waals surface area contributed by atoms with E-state index < -0.39 is 0 Å². The quantitative estimate of drug-likeness (QED) is 0.739. The van der Waals surface area contributed by atoms with Crippen molar-refractivity contribution in [1.82, 2.24) is 19.2 Å². The first kappa shape index (κ1) is 9.41. The van der Waals surface area contributed by atoms with Crippen molar-refractivity contribution in [3.8, 4) is 5.82 Å². The van der Waals surface area contributed by atoms with Crippen LogP contribution in [-0.2, 0) is 0 Å². The van der Waals surface area contributed by atoms with Crippen LogP contribution < -0.4 is 5.73 Å². The van der Waals surface area contributed by atoms with Crippen molar-refractivity contribution in [3.63, 3.8) is 0 Å². The zero-order chi connectivity index (χ0) is 11.1. The molecule has 0 bridgehead atoms. The Morgan fingerprint density at radius 1 is 1.31 bits per heavy atom. The van der Waals surface area contributed by atoms with Crippen LogP contribution >= 0.6 is 15.9 Å². The van der Waals surface area contributed by atoms with Gasteiger partial charge in [0.2, 0.25) is 0 Å². The Morgan fingerprint density at radius 3 is 2.94 bits per heavy atom. The van der Waals surface area contributed by atoms with Gasteiger partial charge in [-0.05, 0) is 28.1 Å². The lowest BCUT2D eigenvalue weighted by molar-refractivity contribution is 0.833. The van der Waals surface area contributed by atoms with Crippen LogP contribution in [0, 0.1) is 0 Å². The van der Waals surface area contributed by atoms with E-state index >= 15 is 0 Å². The molecule has 0 spiro atoms. The maximum absolute atomic E-state index is 5.69. The van der Waals surface area contributed by atoms with Crippen LogP contribution in [0.15, 0.2) is 41.3 Å². The number of imidazole rings is 1. The molecule has 0 atom stereocenters. The molecule has 0 aliphatic rings. The number of nitrogen functional groups attached to an aromatic ring is 1. The molecular weight excluding hydrogens is 270 g/mol. The topological polar surface area (TPSA) is 61.1 Å². The molecule has 0 aromatic carbocycles. The van der Waals surface area contributed by atoms with E-state index in [1.54, 1.807) is 10.9 Å². The first-order valence-electron chi connectivity index (χ1n) is 4.69. The molecular formula is C10H8BrN5. The molecule has 0 aliphatic heterocycles. The third kappa shape index (κ3) is 1.30. The molecule has 2 N–H and O–H groups in total. The number of hydrogen-bond donors (Lipinski definition) is 1. The van der Waals surface area contributed by atoms with Gasteiger partial charge in [-0.3, -0.25) is 4.40 Å². The molecule has 3 heterocycles. The highest BCUT2D eigenvalue weighted by atomic mass is 79.9.